The van der Waals surface area contributed by atoms with Gasteiger partial charge in [-0.15, -0.1) is 0 Å². The number of phenols is 3. The van der Waals surface area contributed by atoms with E-state index in [4.69, 9.17) is 4.74 Å². The number of phenolic OH excluding ortho intramolecular Hbond substituents is 3. The zero-order valence-electron chi connectivity index (χ0n) is 11.4. The molecule has 2 aliphatic rings. The highest BCUT2D eigenvalue weighted by atomic mass is 79.9. The van der Waals surface area contributed by atoms with Crippen molar-refractivity contribution in [1.29, 1.82) is 0 Å². The van der Waals surface area contributed by atoms with E-state index < -0.39 is 11.5 Å². The molecule has 0 amide bonds. The number of hydrogen-bond donors (Lipinski definition) is 4. The van der Waals surface area contributed by atoms with Crippen molar-refractivity contribution in [3.05, 3.63) is 45.4 Å². The van der Waals surface area contributed by atoms with E-state index in [0.29, 0.717) is 16.6 Å². The van der Waals surface area contributed by atoms with E-state index in [-0.39, 0.29) is 23.9 Å². The Morgan fingerprint density at radius 3 is 2.59 bits per heavy atom. The van der Waals surface area contributed by atoms with Crippen LogP contribution in [0.15, 0.2) is 28.7 Å². The van der Waals surface area contributed by atoms with Gasteiger partial charge >= 0.3 is 0 Å². The van der Waals surface area contributed by atoms with Crippen LogP contribution in [0.5, 0.6) is 23.0 Å². The second-order valence-corrected chi connectivity index (χ2v) is 6.74. The molecule has 0 radical (unpaired) electrons. The molecule has 0 saturated heterocycles. The molecule has 5 nitrogen and oxygen atoms in total. The smallest absolute Gasteiger partial charge is 0.157 e. The van der Waals surface area contributed by atoms with Gasteiger partial charge in [-0.3, -0.25) is 0 Å². The molecule has 2 atom stereocenters. The molecule has 0 spiro atoms. The van der Waals surface area contributed by atoms with Crippen molar-refractivity contribution >= 4 is 15.9 Å². The van der Waals surface area contributed by atoms with Crippen molar-refractivity contribution in [1.82, 2.24) is 0 Å². The quantitative estimate of drug-likeness (QED) is 0.539. The lowest BCUT2D eigenvalue weighted by Crippen LogP contribution is -2.44. The Morgan fingerprint density at radius 1 is 1.09 bits per heavy atom. The summed E-state index contributed by atoms with van der Waals surface area (Å²) in [5.74, 6) is -0.240. The van der Waals surface area contributed by atoms with Crippen molar-refractivity contribution in [2.45, 2.75) is 17.9 Å². The molecule has 114 valence electrons. The maximum atomic E-state index is 11.0. The molecular formula is C16H13BrO5. The first-order valence-corrected chi connectivity index (χ1v) is 7.61. The normalized spacial score (nSPS) is 25.1. The third kappa shape index (κ3) is 1.74. The predicted molar refractivity (Wildman–Crippen MR) is 81.6 cm³/mol. The van der Waals surface area contributed by atoms with Crippen LogP contribution in [0.3, 0.4) is 0 Å². The lowest BCUT2D eigenvalue weighted by atomic mass is 9.80. The molecule has 0 bridgehead atoms. The maximum Gasteiger partial charge on any atom is 0.157 e. The van der Waals surface area contributed by atoms with Crippen molar-refractivity contribution in [2.75, 3.05) is 6.61 Å². The van der Waals surface area contributed by atoms with Gasteiger partial charge in [-0.1, -0.05) is 15.9 Å². The summed E-state index contributed by atoms with van der Waals surface area (Å²) in [6.07, 6.45) is 0.327. The van der Waals surface area contributed by atoms with Crippen LogP contribution in [0.1, 0.15) is 22.6 Å². The van der Waals surface area contributed by atoms with Gasteiger partial charge in [0.2, 0.25) is 0 Å². The Hall–Kier alpha value is -1.92. The van der Waals surface area contributed by atoms with E-state index in [2.05, 4.69) is 15.9 Å². The summed E-state index contributed by atoms with van der Waals surface area (Å²) in [6, 6.07) is 6.03. The molecule has 4 N–H and O–H groups in total. The molecule has 4 rings (SSSR count). The summed E-state index contributed by atoms with van der Waals surface area (Å²) < 4.78 is 6.26. The Morgan fingerprint density at radius 2 is 1.82 bits per heavy atom. The summed E-state index contributed by atoms with van der Waals surface area (Å²) in [6.45, 7) is 0.0801. The number of benzene rings is 2. The monoisotopic (exact) mass is 364 g/mol. The third-order valence-electron chi connectivity index (χ3n) is 4.42. The lowest BCUT2D eigenvalue weighted by molar-refractivity contribution is -0.0221. The van der Waals surface area contributed by atoms with Crippen LogP contribution in [-0.2, 0) is 6.42 Å². The van der Waals surface area contributed by atoms with Gasteiger partial charge in [0.25, 0.3) is 0 Å². The highest BCUT2D eigenvalue weighted by Gasteiger charge is 2.51. The number of halogens is 1. The molecule has 6 heteroatoms. The summed E-state index contributed by atoms with van der Waals surface area (Å²) in [5.41, 5.74) is 1.12. The van der Waals surface area contributed by atoms with Gasteiger partial charge in [0, 0.05) is 28.4 Å². The van der Waals surface area contributed by atoms with Gasteiger partial charge in [-0.05, 0) is 29.3 Å². The summed E-state index contributed by atoms with van der Waals surface area (Å²) in [7, 11) is 0. The first kappa shape index (κ1) is 13.7. The first-order valence-electron chi connectivity index (χ1n) is 6.81. The number of ether oxygens (including phenoxy) is 1. The van der Waals surface area contributed by atoms with E-state index in [0.717, 1.165) is 16.7 Å². The zero-order chi connectivity index (χ0) is 15.6. The van der Waals surface area contributed by atoms with Crippen molar-refractivity contribution in [3.63, 3.8) is 0 Å². The molecular weight excluding hydrogens is 352 g/mol. The fourth-order valence-corrected chi connectivity index (χ4v) is 4.18. The van der Waals surface area contributed by atoms with E-state index in [1.165, 1.54) is 18.2 Å². The van der Waals surface area contributed by atoms with Crippen molar-refractivity contribution < 1.29 is 25.2 Å². The Kier molecular flexibility index (Phi) is 2.68. The number of hydrogen-bond acceptors (Lipinski definition) is 5. The molecule has 1 aliphatic heterocycles. The average molecular weight is 365 g/mol. The van der Waals surface area contributed by atoms with Crippen molar-refractivity contribution in [3.8, 4) is 23.0 Å². The molecule has 1 heterocycles. The van der Waals surface area contributed by atoms with Gasteiger partial charge in [0.05, 0.1) is 0 Å². The van der Waals surface area contributed by atoms with E-state index in [9.17, 15) is 20.4 Å². The van der Waals surface area contributed by atoms with E-state index in [1.54, 1.807) is 6.07 Å². The maximum absolute atomic E-state index is 11.0. The molecule has 0 aromatic heterocycles. The zero-order valence-corrected chi connectivity index (χ0v) is 13.0. The standard InChI is InChI=1S/C16H13BrO5/c17-10-2-8(18)3-13-14(10)15-9-4-12(20)11(19)1-7(9)5-16(15,21)6-22-13/h1-4,15,18-21H,5-6H2. The van der Waals surface area contributed by atoms with Gasteiger partial charge in [0.15, 0.2) is 11.5 Å². The van der Waals surface area contributed by atoms with E-state index in [1.807, 2.05) is 0 Å². The summed E-state index contributed by atoms with van der Waals surface area (Å²) in [4.78, 5) is 0. The van der Waals surface area contributed by atoms with Crippen LogP contribution >= 0.6 is 15.9 Å². The van der Waals surface area contributed by atoms with Crippen LogP contribution < -0.4 is 4.74 Å². The fourth-order valence-electron chi connectivity index (χ4n) is 3.52. The fraction of sp³-hybridized carbons (Fsp3) is 0.250. The minimum Gasteiger partial charge on any atom is -0.508 e. The van der Waals surface area contributed by atoms with Crippen LogP contribution in [0.2, 0.25) is 0 Å². The number of rotatable bonds is 0. The molecule has 2 aromatic carbocycles. The predicted octanol–water partition coefficient (Wildman–Crippen LogP) is 2.38. The molecule has 0 fully saturated rings. The second kappa shape index (κ2) is 4.30. The second-order valence-electron chi connectivity index (χ2n) is 5.88. The van der Waals surface area contributed by atoms with Gasteiger partial charge in [0.1, 0.15) is 23.7 Å². The Bertz CT molecular complexity index is 804. The van der Waals surface area contributed by atoms with E-state index >= 15 is 0 Å². The van der Waals surface area contributed by atoms with Gasteiger partial charge in [-0.2, -0.15) is 0 Å². The van der Waals surface area contributed by atoms with Crippen LogP contribution in [-0.4, -0.2) is 32.6 Å². The third-order valence-corrected chi connectivity index (χ3v) is 5.08. The van der Waals surface area contributed by atoms with Crippen LogP contribution in [0.4, 0.5) is 0 Å². The minimum atomic E-state index is -1.14. The number of fused-ring (bicyclic) bond motifs is 5. The highest BCUT2D eigenvalue weighted by Crippen LogP contribution is 2.55. The molecule has 1 aliphatic carbocycles. The SMILES string of the molecule is Oc1cc(Br)c2c(c1)OCC1(O)Cc3cc(O)c(O)cc3C21. The number of aliphatic hydroxyl groups is 1. The first-order chi connectivity index (χ1) is 10.4. The molecule has 2 aromatic rings. The van der Waals surface area contributed by atoms with Crippen LogP contribution in [0.25, 0.3) is 0 Å². The average Bonchev–Trinajstić information content (AvgIpc) is 2.71. The summed E-state index contributed by atoms with van der Waals surface area (Å²) in [5, 5.41) is 40.2. The number of aromatic hydroxyl groups is 3. The van der Waals surface area contributed by atoms with Gasteiger partial charge < -0.3 is 25.2 Å². The largest absolute Gasteiger partial charge is 0.508 e. The van der Waals surface area contributed by atoms with Crippen molar-refractivity contribution in [2.24, 2.45) is 0 Å². The highest BCUT2D eigenvalue weighted by molar-refractivity contribution is 9.10. The molecule has 22 heavy (non-hydrogen) atoms. The topological polar surface area (TPSA) is 90.2 Å². The van der Waals surface area contributed by atoms with Gasteiger partial charge in [-0.25, -0.2) is 0 Å². The minimum absolute atomic E-state index is 0.0721. The Labute approximate surface area is 134 Å². The Balaban J connectivity index is 1.99. The molecule has 0 saturated carbocycles. The van der Waals surface area contributed by atoms with Crippen LogP contribution in [0, 0.1) is 0 Å². The summed E-state index contributed by atoms with van der Waals surface area (Å²) >= 11 is 3.42. The lowest BCUT2D eigenvalue weighted by Gasteiger charge is -2.37. The molecule has 2 unspecified atom stereocenters.